The van der Waals surface area contributed by atoms with Crippen molar-refractivity contribution in [3.05, 3.63) is 17.6 Å². The van der Waals surface area contributed by atoms with E-state index in [0.29, 0.717) is 6.54 Å². The molecule has 1 unspecified atom stereocenters. The number of aromatic nitrogens is 2. The Balaban J connectivity index is 2.05. The highest BCUT2D eigenvalue weighted by Crippen LogP contribution is 2.25. The van der Waals surface area contributed by atoms with Crippen LogP contribution in [0, 0.1) is 0 Å². The first-order valence-corrected chi connectivity index (χ1v) is 6.91. The number of aliphatic hydroxyl groups is 1. The summed E-state index contributed by atoms with van der Waals surface area (Å²) in [5, 5.41) is 13.5. The summed E-state index contributed by atoms with van der Waals surface area (Å²) in [6, 6.07) is 0. The first kappa shape index (κ1) is 13.3. The molecule has 18 heavy (non-hydrogen) atoms. The molecule has 0 spiro atoms. The second kappa shape index (κ2) is 5.65. The Hall–Kier alpha value is -1.16. The predicted molar refractivity (Wildman–Crippen MR) is 72.7 cm³/mol. The van der Waals surface area contributed by atoms with Crippen LogP contribution in [-0.2, 0) is 12.8 Å². The number of aryl methyl sites for hydroxylation is 1. The zero-order valence-corrected chi connectivity index (χ0v) is 11.4. The average molecular weight is 249 g/mol. The zero-order chi connectivity index (χ0) is 13.0. The Bertz CT molecular complexity index is 404. The number of rotatable bonds is 5. The van der Waals surface area contributed by atoms with Gasteiger partial charge in [-0.2, -0.15) is 0 Å². The lowest BCUT2D eigenvalue weighted by Crippen LogP contribution is -2.33. The van der Waals surface area contributed by atoms with Gasteiger partial charge in [-0.3, -0.25) is 0 Å². The SMILES string of the molecule is CCCC(C)(O)CNc1ncnc2c1CCCC2. The van der Waals surface area contributed by atoms with Crippen molar-refractivity contribution < 1.29 is 5.11 Å². The first-order chi connectivity index (χ1) is 8.62. The lowest BCUT2D eigenvalue weighted by molar-refractivity contribution is 0.0636. The Labute approximate surface area is 109 Å². The number of anilines is 1. The topological polar surface area (TPSA) is 58.0 Å². The smallest absolute Gasteiger partial charge is 0.132 e. The van der Waals surface area contributed by atoms with E-state index >= 15 is 0 Å². The van der Waals surface area contributed by atoms with Crippen LogP contribution in [-0.4, -0.2) is 27.2 Å². The fraction of sp³-hybridized carbons (Fsp3) is 0.714. The lowest BCUT2D eigenvalue weighted by Gasteiger charge is -2.25. The Kier molecular flexibility index (Phi) is 4.17. The van der Waals surface area contributed by atoms with Crippen LogP contribution in [0.15, 0.2) is 6.33 Å². The maximum Gasteiger partial charge on any atom is 0.132 e. The van der Waals surface area contributed by atoms with Crippen molar-refractivity contribution in [2.45, 2.75) is 58.0 Å². The van der Waals surface area contributed by atoms with E-state index in [9.17, 15) is 5.11 Å². The van der Waals surface area contributed by atoms with E-state index in [1.165, 1.54) is 24.1 Å². The minimum absolute atomic E-state index is 0.546. The molecule has 0 amide bonds. The van der Waals surface area contributed by atoms with Gasteiger partial charge in [-0.15, -0.1) is 0 Å². The van der Waals surface area contributed by atoms with E-state index in [0.717, 1.165) is 31.5 Å². The van der Waals surface area contributed by atoms with Crippen molar-refractivity contribution in [3.8, 4) is 0 Å². The van der Waals surface area contributed by atoms with Crippen LogP contribution >= 0.6 is 0 Å². The summed E-state index contributed by atoms with van der Waals surface area (Å²) in [6.45, 7) is 4.50. The number of nitrogens with one attached hydrogen (secondary N) is 1. The number of nitrogens with zero attached hydrogens (tertiary/aromatic N) is 2. The number of hydrogen-bond acceptors (Lipinski definition) is 4. The molecule has 2 N–H and O–H groups in total. The van der Waals surface area contributed by atoms with Crippen molar-refractivity contribution >= 4 is 5.82 Å². The quantitative estimate of drug-likeness (QED) is 0.841. The van der Waals surface area contributed by atoms with Gasteiger partial charge >= 0.3 is 0 Å². The second-order valence-corrected chi connectivity index (χ2v) is 5.46. The van der Waals surface area contributed by atoms with E-state index in [2.05, 4.69) is 22.2 Å². The highest BCUT2D eigenvalue weighted by Gasteiger charge is 2.21. The van der Waals surface area contributed by atoms with Gasteiger partial charge in [0.15, 0.2) is 0 Å². The molecule has 1 atom stereocenters. The van der Waals surface area contributed by atoms with Gasteiger partial charge < -0.3 is 10.4 Å². The molecule has 0 aromatic carbocycles. The molecular formula is C14H23N3O. The van der Waals surface area contributed by atoms with Crippen LogP contribution in [0.25, 0.3) is 0 Å². The van der Waals surface area contributed by atoms with Gasteiger partial charge in [0.05, 0.1) is 5.60 Å². The highest BCUT2D eigenvalue weighted by molar-refractivity contribution is 5.47. The Morgan fingerprint density at radius 2 is 2.11 bits per heavy atom. The van der Waals surface area contributed by atoms with Gasteiger partial charge in [0.25, 0.3) is 0 Å². The van der Waals surface area contributed by atoms with E-state index in [-0.39, 0.29) is 0 Å². The van der Waals surface area contributed by atoms with E-state index in [1.807, 2.05) is 6.92 Å². The third-order valence-corrected chi connectivity index (χ3v) is 3.55. The molecule has 4 heteroatoms. The maximum absolute atomic E-state index is 10.2. The molecule has 1 aromatic heterocycles. The minimum atomic E-state index is -0.665. The molecule has 0 saturated heterocycles. The summed E-state index contributed by atoms with van der Waals surface area (Å²) in [5.41, 5.74) is 1.76. The van der Waals surface area contributed by atoms with Gasteiger partial charge in [-0.25, -0.2) is 9.97 Å². The van der Waals surface area contributed by atoms with Gasteiger partial charge in [-0.1, -0.05) is 13.3 Å². The second-order valence-electron chi connectivity index (χ2n) is 5.46. The standard InChI is InChI=1S/C14H23N3O/c1-3-8-14(2,18)9-15-13-11-6-4-5-7-12(11)16-10-17-13/h10,18H,3-9H2,1-2H3,(H,15,16,17). The minimum Gasteiger partial charge on any atom is -0.388 e. The molecule has 4 nitrogen and oxygen atoms in total. The normalized spacial score (nSPS) is 17.9. The van der Waals surface area contributed by atoms with Gasteiger partial charge in [0, 0.05) is 17.8 Å². The Morgan fingerprint density at radius 3 is 2.89 bits per heavy atom. The molecule has 1 aliphatic rings. The van der Waals surface area contributed by atoms with Gasteiger partial charge in [0.1, 0.15) is 12.1 Å². The zero-order valence-electron chi connectivity index (χ0n) is 11.4. The van der Waals surface area contributed by atoms with Crippen LogP contribution in [0.4, 0.5) is 5.82 Å². The van der Waals surface area contributed by atoms with Crippen molar-refractivity contribution in [1.29, 1.82) is 0 Å². The third kappa shape index (κ3) is 3.19. The molecule has 1 aromatic rings. The molecule has 100 valence electrons. The van der Waals surface area contributed by atoms with Crippen molar-refractivity contribution in [1.82, 2.24) is 9.97 Å². The van der Waals surface area contributed by atoms with Crippen molar-refractivity contribution in [2.75, 3.05) is 11.9 Å². The predicted octanol–water partition coefficient (Wildman–Crippen LogP) is 2.32. The average Bonchev–Trinajstić information content (AvgIpc) is 2.36. The lowest BCUT2D eigenvalue weighted by atomic mass is 9.96. The molecule has 1 aliphatic carbocycles. The third-order valence-electron chi connectivity index (χ3n) is 3.55. The molecule has 0 radical (unpaired) electrons. The molecule has 0 aliphatic heterocycles. The van der Waals surface area contributed by atoms with E-state index in [1.54, 1.807) is 6.33 Å². The van der Waals surface area contributed by atoms with Crippen molar-refractivity contribution in [3.63, 3.8) is 0 Å². The number of fused-ring (bicyclic) bond motifs is 1. The van der Waals surface area contributed by atoms with Crippen LogP contribution in [0.2, 0.25) is 0 Å². The molecule has 0 fully saturated rings. The highest BCUT2D eigenvalue weighted by atomic mass is 16.3. The molecule has 2 rings (SSSR count). The maximum atomic E-state index is 10.2. The molecule has 0 bridgehead atoms. The monoisotopic (exact) mass is 249 g/mol. The van der Waals surface area contributed by atoms with Crippen LogP contribution in [0.3, 0.4) is 0 Å². The van der Waals surface area contributed by atoms with Crippen molar-refractivity contribution in [2.24, 2.45) is 0 Å². The first-order valence-electron chi connectivity index (χ1n) is 6.91. The van der Waals surface area contributed by atoms with Crippen LogP contribution < -0.4 is 5.32 Å². The summed E-state index contributed by atoms with van der Waals surface area (Å²) in [7, 11) is 0. The Morgan fingerprint density at radius 1 is 1.33 bits per heavy atom. The summed E-state index contributed by atoms with van der Waals surface area (Å²) < 4.78 is 0. The van der Waals surface area contributed by atoms with Gasteiger partial charge in [0.2, 0.25) is 0 Å². The molecule has 1 heterocycles. The summed E-state index contributed by atoms with van der Waals surface area (Å²) >= 11 is 0. The summed E-state index contributed by atoms with van der Waals surface area (Å²) in [6.07, 6.45) is 7.94. The fourth-order valence-corrected chi connectivity index (χ4v) is 2.57. The summed E-state index contributed by atoms with van der Waals surface area (Å²) in [5.74, 6) is 0.913. The fourth-order valence-electron chi connectivity index (χ4n) is 2.57. The summed E-state index contributed by atoms with van der Waals surface area (Å²) in [4.78, 5) is 8.67. The van der Waals surface area contributed by atoms with Crippen LogP contribution in [0.1, 0.15) is 50.8 Å². The molecule has 0 saturated carbocycles. The number of hydrogen-bond donors (Lipinski definition) is 2. The molecular weight excluding hydrogens is 226 g/mol. The van der Waals surface area contributed by atoms with E-state index < -0.39 is 5.60 Å². The van der Waals surface area contributed by atoms with Gasteiger partial charge in [-0.05, 0) is 39.0 Å². The largest absolute Gasteiger partial charge is 0.388 e. The van der Waals surface area contributed by atoms with Crippen LogP contribution in [0.5, 0.6) is 0 Å². The van der Waals surface area contributed by atoms with E-state index in [4.69, 9.17) is 0 Å².